The predicted molar refractivity (Wildman–Crippen MR) is 155 cm³/mol. The summed E-state index contributed by atoms with van der Waals surface area (Å²) >= 11 is 1.77. The lowest BCUT2D eigenvalue weighted by Crippen LogP contribution is -2.30. The van der Waals surface area contributed by atoms with E-state index in [1.54, 1.807) is 18.4 Å². The van der Waals surface area contributed by atoms with Gasteiger partial charge in [-0.1, -0.05) is 43.5 Å². The monoisotopic (exact) mass is 525 g/mol. The lowest BCUT2D eigenvalue weighted by molar-refractivity contribution is 0.103. The molecule has 3 aromatic carbocycles. The molecule has 6 rings (SSSR count). The molecule has 196 valence electrons. The van der Waals surface area contributed by atoms with Gasteiger partial charge in [-0.15, -0.1) is 11.3 Å². The number of carbonyl (C=O) groups excluding carboxylic acids is 1. The molecular weight excluding hydrogens is 490 g/mol. The molecule has 1 N–H and O–H groups in total. The first-order valence-electron chi connectivity index (χ1n) is 13.9. The van der Waals surface area contributed by atoms with Gasteiger partial charge in [0.05, 0.1) is 13.7 Å². The van der Waals surface area contributed by atoms with Gasteiger partial charge in [-0.05, 0) is 85.3 Å². The van der Waals surface area contributed by atoms with Gasteiger partial charge in [-0.2, -0.15) is 0 Å². The van der Waals surface area contributed by atoms with Crippen LogP contribution in [-0.2, 0) is 6.42 Å². The lowest BCUT2D eigenvalue weighted by Gasteiger charge is -2.26. The number of methoxy groups -OCH3 is 1. The molecule has 5 heteroatoms. The highest BCUT2D eigenvalue weighted by molar-refractivity contribution is 7.19. The van der Waals surface area contributed by atoms with E-state index in [4.69, 9.17) is 9.47 Å². The van der Waals surface area contributed by atoms with Gasteiger partial charge < -0.3 is 14.8 Å². The Morgan fingerprint density at radius 2 is 1.76 bits per heavy atom. The van der Waals surface area contributed by atoms with E-state index in [1.807, 2.05) is 30.3 Å². The number of hydrogen-bond donors (Lipinski definition) is 1. The Kier molecular flexibility index (Phi) is 7.48. The van der Waals surface area contributed by atoms with Crippen molar-refractivity contribution in [3.05, 3.63) is 93.9 Å². The fraction of sp³-hybridized carbons (Fsp3) is 0.364. The second-order valence-corrected chi connectivity index (χ2v) is 11.6. The van der Waals surface area contributed by atoms with E-state index >= 15 is 0 Å². The SMILES string of the molecule is COc1ccc2c(C(=O)c3ccc(OCCC4NCCc5ccccc54)cc3)c(C3CCCCC3)sc2c1. The molecule has 1 fully saturated rings. The van der Waals surface area contributed by atoms with Crippen molar-refractivity contribution >= 4 is 27.2 Å². The van der Waals surface area contributed by atoms with Crippen LogP contribution < -0.4 is 14.8 Å². The molecule has 1 atom stereocenters. The van der Waals surface area contributed by atoms with Crippen molar-refractivity contribution in [2.24, 2.45) is 0 Å². The maximum atomic E-state index is 13.9. The van der Waals surface area contributed by atoms with Crippen molar-refractivity contribution in [2.45, 2.75) is 56.9 Å². The summed E-state index contributed by atoms with van der Waals surface area (Å²) in [5, 5.41) is 4.67. The van der Waals surface area contributed by atoms with Gasteiger partial charge in [0, 0.05) is 38.6 Å². The van der Waals surface area contributed by atoms with E-state index in [2.05, 4.69) is 41.7 Å². The highest BCUT2D eigenvalue weighted by atomic mass is 32.1. The summed E-state index contributed by atoms with van der Waals surface area (Å²) in [5.74, 6) is 2.21. The zero-order chi connectivity index (χ0) is 25.9. The summed E-state index contributed by atoms with van der Waals surface area (Å²) in [4.78, 5) is 15.2. The average molecular weight is 526 g/mol. The number of fused-ring (bicyclic) bond motifs is 2. The van der Waals surface area contributed by atoms with E-state index in [-0.39, 0.29) is 5.78 Å². The van der Waals surface area contributed by atoms with E-state index < -0.39 is 0 Å². The molecule has 38 heavy (non-hydrogen) atoms. The fourth-order valence-electron chi connectivity index (χ4n) is 6.10. The largest absolute Gasteiger partial charge is 0.497 e. The molecule has 2 heterocycles. The summed E-state index contributed by atoms with van der Waals surface area (Å²) in [5.41, 5.74) is 4.42. The highest BCUT2D eigenvalue weighted by Crippen LogP contribution is 2.44. The molecule has 1 aromatic heterocycles. The minimum Gasteiger partial charge on any atom is -0.497 e. The topological polar surface area (TPSA) is 47.6 Å². The Bertz CT molecular complexity index is 1420. The van der Waals surface area contributed by atoms with Gasteiger partial charge in [0.25, 0.3) is 0 Å². The number of carbonyl (C=O) groups is 1. The van der Waals surface area contributed by atoms with Gasteiger partial charge in [0.2, 0.25) is 0 Å². The molecule has 0 spiro atoms. The first-order chi connectivity index (χ1) is 18.7. The summed E-state index contributed by atoms with van der Waals surface area (Å²) in [6.07, 6.45) is 8.09. The zero-order valence-corrected chi connectivity index (χ0v) is 22.8. The van der Waals surface area contributed by atoms with E-state index in [0.717, 1.165) is 59.4 Å². The molecule has 4 nitrogen and oxygen atoms in total. The Hall–Kier alpha value is -3.15. The van der Waals surface area contributed by atoms with E-state index in [9.17, 15) is 4.79 Å². The standard InChI is InChI=1S/C33H35NO3S/c1-36-26-15-16-28-30(21-26)38-33(24-8-3-2-4-9-24)31(28)32(35)23-11-13-25(14-12-23)37-20-18-29-27-10-6-5-7-22(27)17-19-34-29/h5-7,10-16,21,24,29,34H,2-4,8-9,17-20H2,1H3. The van der Waals surface area contributed by atoms with Gasteiger partial charge in [-0.3, -0.25) is 4.79 Å². The number of hydrogen-bond acceptors (Lipinski definition) is 5. The van der Waals surface area contributed by atoms with Crippen molar-refractivity contribution in [3.8, 4) is 11.5 Å². The lowest BCUT2D eigenvalue weighted by atomic mass is 9.85. The number of rotatable bonds is 8. The number of ether oxygens (including phenoxy) is 2. The Balaban J connectivity index is 1.18. The quantitative estimate of drug-likeness (QED) is 0.238. The normalized spacial score (nSPS) is 17.8. The maximum absolute atomic E-state index is 13.9. The zero-order valence-electron chi connectivity index (χ0n) is 22.0. The molecular formula is C33H35NO3S. The van der Waals surface area contributed by atoms with Crippen LogP contribution in [0.5, 0.6) is 11.5 Å². The number of ketones is 1. The molecule has 4 aromatic rings. The second kappa shape index (κ2) is 11.3. The predicted octanol–water partition coefficient (Wildman–Crippen LogP) is 7.84. The van der Waals surface area contributed by atoms with Gasteiger partial charge >= 0.3 is 0 Å². The van der Waals surface area contributed by atoms with Crippen LogP contribution in [0.4, 0.5) is 0 Å². The van der Waals surface area contributed by atoms with Gasteiger partial charge in [0.15, 0.2) is 5.78 Å². The Morgan fingerprint density at radius 1 is 0.974 bits per heavy atom. The molecule has 1 aliphatic carbocycles. The summed E-state index contributed by atoms with van der Waals surface area (Å²) in [6.45, 7) is 1.63. The number of benzene rings is 3. The highest BCUT2D eigenvalue weighted by Gasteiger charge is 2.27. The van der Waals surface area contributed by atoms with Crippen LogP contribution in [0.25, 0.3) is 10.1 Å². The molecule has 2 aliphatic rings. The second-order valence-electron chi connectivity index (χ2n) is 10.5. The molecule has 1 saturated carbocycles. The van der Waals surface area contributed by atoms with E-state index in [0.29, 0.717) is 24.1 Å². The molecule has 0 amide bonds. The summed E-state index contributed by atoms with van der Waals surface area (Å²) in [7, 11) is 1.69. The summed E-state index contributed by atoms with van der Waals surface area (Å²) in [6, 6.07) is 22.8. The van der Waals surface area contributed by atoms with Crippen LogP contribution >= 0.6 is 11.3 Å². The van der Waals surface area contributed by atoms with Crippen LogP contribution in [-0.4, -0.2) is 26.0 Å². The third kappa shape index (κ3) is 5.10. The van der Waals surface area contributed by atoms with Crippen LogP contribution in [0.15, 0.2) is 66.7 Å². The van der Waals surface area contributed by atoms with Crippen molar-refractivity contribution in [1.82, 2.24) is 5.32 Å². The average Bonchev–Trinajstić information content (AvgIpc) is 3.36. The van der Waals surface area contributed by atoms with Crippen molar-refractivity contribution in [2.75, 3.05) is 20.3 Å². The Labute approximate surface area is 229 Å². The molecule has 1 aliphatic heterocycles. The summed E-state index contributed by atoms with van der Waals surface area (Å²) < 4.78 is 12.7. The first kappa shape index (κ1) is 25.1. The van der Waals surface area contributed by atoms with Crippen LogP contribution in [0.3, 0.4) is 0 Å². The minimum absolute atomic E-state index is 0.108. The van der Waals surface area contributed by atoms with Crippen molar-refractivity contribution in [1.29, 1.82) is 0 Å². The molecule has 0 saturated heterocycles. The van der Waals surface area contributed by atoms with Crippen LogP contribution in [0, 0.1) is 0 Å². The molecule has 0 radical (unpaired) electrons. The third-order valence-corrected chi connectivity index (χ3v) is 9.45. The first-order valence-corrected chi connectivity index (χ1v) is 14.7. The maximum Gasteiger partial charge on any atom is 0.194 e. The third-order valence-electron chi connectivity index (χ3n) is 8.13. The van der Waals surface area contributed by atoms with E-state index in [1.165, 1.54) is 35.3 Å². The minimum atomic E-state index is 0.108. The van der Waals surface area contributed by atoms with Crippen LogP contribution in [0.1, 0.15) is 82.4 Å². The van der Waals surface area contributed by atoms with Crippen LogP contribution in [0.2, 0.25) is 0 Å². The smallest absolute Gasteiger partial charge is 0.194 e. The number of thiophene rings is 1. The van der Waals surface area contributed by atoms with Crippen molar-refractivity contribution < 1.29 is 14.3 Å². The molecule has 0 bridgehead atoms. The molecule has 1 unspecified atom stereocenters. The fourth-order valence-corrected chi connectivity index (χ4v) is 7.50. The van der Waals surface area contributed by atoms with Gasteiger partial charge in [0.1, 0.15) is 11.5 Å². The van der Waals surface area contributed by atoms with Gasteiger partial charge in [-0.25, -0.2) is 0 Å². The number of nitrogens with one attached hydrogen (secondary N) is 1. The Morgan fingerprint density at radius 3 is 2.58 bits per heavy atom. The van der Waals surface area contributed by atoms with Crippen molar-refractivity contribution in [3.63, 3.8) is 0 Å².